The summed E-state index contributed by atoms with van der Waals surface area (Å²) in [5.41, 5.74) is 5.17. The zero-order chi connectivity index (χ0) is 37.8. The number of rotatable bonds is 14. The lowest BCUT2D eigenvalue weighted by molar-refractivity contribution is -0.173. The number of anilines is 1. The monoisotopic (exact) mass is 740 g/mol. The molecule has 7 atom stereocenters. The van der Waals surface area contributed by atoms with E-state index in [4.69, 9.17) is 33.7 Å². The second kappa shape index (κ2) is 16.0. The van der Waals surface area contributed by atoms with E-state index >= 15 is 0 Å². The molecule has 0 aliphatic carbocycles. The number of hydrogen-bond donors (Lipinski definition) is 2. The zero-order valence-electron chi connectivity index (χ0n) is 30.0. The van der Waals surface area contributed by atoms with Crippen LogP contribution in [0.25, 0.3) is 5.52 Å². The number of carbonyl (C=O) groups is 3. The van der Waals surface area contributed by atoms with Crippen molar-refractivity contribution in [2.45, 2.75) is 77.1 Å². The molecule has 17 heteroatoms. The van der Waals surface area contributed by atoms with Gasteiger partial charge in [-0.3, -0.25) is 18.9 Å². The molecule has 0 radical (unpaired) electrons. The number of esters is 3. The number of aromatic nitrogens is 2. The number of benzene rings is 1. The summed E-state index contributed by atoms with van der Waals surface area (Å²) in [6, 6.07) is 13.9. The fraction of sp³-hybridized carbons (Fsp3) is 0.514. The number of nitrogen functional groups attached to an aromatic ring is 1. The van der Waals surface area contributed by atoms with Crippen LogP contribution in [0.3, 0.4) is 0 Å². The van der Waals surface area contributed by atoms with E-state index in [1.54, 1.807) is 64.1 Å². The average molecular weight is 741 g/mol. The molecule has 2 aromatic heterocycles. The minimum Gasteiger partial charge on any atom is -0.460 e. The third-order valence-electron chi connectivity index (χ3n) is 8.68. The van der Waals surface area contributed by atoms with Gasteiger partial charge in [-0.2, -0.15) is 15.4 Å². The maximum absolute atomic E-state index is 14.6. The fourth-order valence-corrected chi connectivity index (χ4v) is 7.30. The standard InChI is InChI=1S/C35H45N6O10P/c1-21(2)32(42)48-30-29(28-13-12-27-26(37)14-16-38-41(27)28)50-35(19-36,31(30)49-33(43)22(3)4)20-46-52(45,51-24-10-8-7-9-11-24)39-23(5)34(44)47-25-15-17-40(6)18-25/h7-14,16,21-23,25,29-31H,15,17-18,20,37H2,1-6H3,(H,39,45)/t23-,25+,29-,30-,31-,35+,52?/m0/s1. The Kier molecular flexibility index (Phi) is 11.9. The summed E-state index contributed by atoms with van der Waals surface area (Å²) >= 11 is 0. The Bertz CT molecular complexity index is 1850. The topological polar surface area (TPSA) is 206 Å². The minimum atomic E-state index is -4.56. The largest absolute Gasteiger partial charge is 0.460 e. The van der Waals surface area contributed by atoms with Gasteiger partial charge < -0.3 is 34.1 Å². The van der Waals surface area contributed by atoms with E-state index in [0.29, 0.717) is 29.9 Å². The summed E-state index contributed by atoms with van der Waals surface area (Å²) in [5, 5.41) is 17.9. The molecule has 4 heterocycles. The van der Waals surface area contributed by atoms with E-state index in [0.717, 1.165) is 6.54 Å². The van der Waals surface area contributed by atoms with E-state index < -0.39 is 74.1 Å². The summed E-state index contributed by atoms with van der Waals surface area (Å²) in [6.45, 7) is 8.35. The molecule has 280 valence electrons. The van der Waals surface area contributed by atoms with Gasteiger partial charge in [0, 0.05) is 19.3 Å². The highest BCUT2D eigenvalue weighted by Gasteiger charge is 2.62. The highest BCUT2D eigenvalue weighted by molar-refractivity contribution is 7.52. The van der Waals surface area contributed by atoms with Crippen LogP contribution in [0, 0.1) is 23.2 Å². The SMILES string of the molecule is CC(C)C(=O)O[C@H]1[C@H](c2ccc3c(N)ccnn23)O[C@](C#N)(COP(=O)(N[C@@H](C)C(=O)O[C@@H]2CCN(C)C2)Oc2ccccc2)[C@H]1OC(=O)C(C)C. The predicted molar refractivity (Wildman–Crippen MR) is 186 cm³/mol. The van der Waals surface area contributed by atoms with Crippen molar-refractivity contribution in [3.63, 3.8) is 0 Å². The van der Waals surface area contributed by atoms with Gasteiger partial charge in [0.1, 0.15) is 36.7 Å². The van der Waals surface area contributed by atoms with Gasteiger partial charge in [-0.25, -0.2) is 9.08 Å². The maximum Gasteiger partial charge on any atom is 0.459 e. The molecule has 0 bridgehead atoms. The molecule has 16 nitrogen and oxygen atoms in total. The number of para-hydroxylation sites is 1. The summed E-state index contributed by atoms with van der Waals surface area (Å²) < 4.78 is 51.7. The first-order valence-corrected chi connectivity index (χ1v) is 18.6. The molecule has 1 unspecified atom stereocenters. The van der Waals surface area contributed by atoms with Crippen molar-refractivity contribution < 1.29 is 46.9 Å². The predicted octanol–water partition coefficient (Wildman–Crippen LogP) is 3.81. The molecule has 2 fully saturated rings. The molecule has 0 amide bonds. The van der Waals surface area contributed by atoms with E-state index in [9.17, 15) is 24.2 Å². The van der Waals surface area contributed by atoms with Crippen molar-refractivity contribution in [1.82, 2.24) is 19.6 Å². The number of nitrogens with two attached hydrogens (primary N) is 1. The lowest BCUT2D eigenvalue weighted by Crippen LogP contribution is -2.50. The second-order valence-electron chi connectivity index (χ2n) is 13.6. The van der Waals surface area contributed by atoms with Crippen molar-refractivity contribution in [2.24, 2.45) is 11.8 Å². The van der Waals surface area contributed by atoms with Crippen LogP contribution in [0.5, 0.6) is 5.75 Å². The van der Waals surface area contributed by atoms with Crippen molar-refractivity contribution in [3.05, 3.63) is 60.4 Å². The van der Waals surface area contributed by atoms with Crippen molar-refractivity contribution in [2.75, 3.05) is 32.5 Å². The fourth-order valence-electron chi connectivity index (χ4n) is 5.78. The van der Waals surface area contributed by atoms with E-state index in [2.05, 4.69) is 10.2 Å². The average Bonchev–Trinajstić information content (AvgIpc) is 3.80. The smallest absolute Gasteiger partial charge is 0.459 e. The van der Waals surface area contributed by atoms with Crippen LogP contribution in [-0.4, -0.2) is 89.1 Å². The van der Waals surface area contributed by atoms with E-state index in [-0.39, 0.29) is 11.9 Å². The van der Waals surface area contributed by atoms with Gasteiger partial charge in [0.15, 0.2) is 12.2 Å². The van der Waals surface area contributed by atoms with Crippen LogP contribution < -0.4 is 15.3 Å². The van der Waals surface area contributed by atoms with Gasteiger partial charge >= 0.3 is 25.7 Å². The molecular formula is C35H45N6O10P. The first-order chi connectivity index (χ1) is 24.6. The summed E-state index contributed by atoms with van der Waals surface area (Å²) in [7, 11) is -2.65. The zero-order valence-corrected chi connectivity index (χ0v) is 30.9. The Labute approximate surface area is 302 Å². The normalized spacial score (nSPS) is 25.1. The van der Waals surface area contributed by atoms with Crippen molar-refractivity contribution >= 4 is 36.9 Å². The number of hydrogen-bond acceptors (Lipinski definition) is 14. The highest BCUT2D eigenvalue weighted by Crippen LogP contribution is 2.50. The number of nitrogens with zero attached hydrogens (tertiary/aromatic N) is 4. The molecule has 3 N–H and O–H groups in total. The van der Waals surface area contributed by atoms with Crippen LogP contribution in [0.15, 0.2) is 54.7 Å². The van der Waals surface area contributed by atoms with Gasteiger partial charge in [0.25, 0.3) is 0 Å². The van der Waals surface area contributed by atoms with Crippen LogP contribution in [-0.2, 0) is 42.4 Å². The van der Waals surface area contributed by atoms with E-state index in [1.807, 2.05) is 18.0 Å². The van der Waals surface area contributed by atoms with Gasteiger partial charge in [0.05, 0.1) is 28.7 Å². The third-order valence-corrected chi connectivity index (χ3v) is 10.3. The van der Waals surface area contributed by atoms with Crippen LogP contribution in [0.1, 0.15) is 52.8 Å². The van der Waals surface area contributed by atoms with Crippen LogP contribution in [0.2, 0.25) is 0 Å². The number of likely N-dealkylation sites (N-methyl/N-ethyl adjacent to an activating group) is 1. The van der Waals surface area contributed by atoms with Crippen molar-refractivity contribution in [1.29, 1.82) is 5.26 Å². The number of likely N-dealkylation sites (tertiary alicyclic amines) is 1. The Morgan fingerprint density at radius 1 is 1.04 bits per heavy atom. The molecule has 0 spiro atoms. The molecule has 2 saturated heterocycles. The van der Waals surface area contributed by atoms with Gasteiger partial charge in [0.2, 0.25) is 5.60 Å². The molecule has 2 aliphatic rings. The van der Waals surface area contributed by atoms with Gasteiger partial charge in [-0.15, -0.1) is 0 Å². The molecular weight excluding hydrogens is 695 g/mol. The van der Waals surface area contributed by atoms with Crippen LogP contribution in [0.4, 0.5) is 5.69 Å². The Morgan fingerprint density at radius 2 is 1.73 bits per heavy atom. The van der Waals surface area contributed by atoms with Crippen LogP contribution >= 0.6 is 7.75 Å². The molecule has 3 aromatic rings. The van der Waals surface area contributed by atoms with Gasteiger partial charge in [-0.1, -0.05) is 45.9 Å². The maximum atomic E-state index is 14.6. The summed E-state index contributed by atoms with van der Waals surface area (Å²) in [4.78, 5) is 41.5. The minimum absolute atomic E-state index is 0.127. The number of nitriles is 1. The third kappa shape index (κ3) is 8.57. The molecule has 5 rings (SSSR count). The Morgan fingerprint density at radius 3 is 2.37 bits per heavy atom. The summed E-state index contributed by atoms with van der Waals surface area (Å²) in [5.74, 6) is -3.21. The molecule has 52 heavy (non-hydrogen) atoms. The molecule has 0 saturated carbocycles. The Hall–Kier alpha value is -4.52. The molecule has 1 aromatic carbocycles. The lowest BCUT2D eigenvalue weighted by atomic mass is 9.95. The quantitative estimate of drug-likeness (QED) is 0.137. The van der Waals surface area contributed by atoms with Crippen molar-refractivity contribution in [3.8, 4) is 11.8 Å². The van der Waals surface area contributed by atoms with Gasteiger partial charge in [-0.05, 0) is 50.7 Å². The first-order valence-electron chi connectivity index (χ1n) is 17.0. The number of fused-ring (bicyclic) bond motifs is 1. The lowest BCUT2D eigenvalue weighted by Gasteiger charge is -2.31. The second-order valence-corrected chi connectivity index (χ2v) is 15.3. The number of carbonyl (C=O) groups excluding carboxylic acids is 3. The highest BCUT2D eigenvalue weighted by atomic mass is 31.2. The number of nitrogens with one attached hydrogen (secondary N) is 1. The Balaban J connectivity index is 1.52. The molecule has 2 aliphatic heterocycles. The summed E-state index contributed by atoms with van der Waals surface area (Å²) in [6.07, 6.45) is -2.49. The van der Waals surface area contributed by atoms with E-state index in [1.165, 1.54) is 29.8 Å². The first kappa shape index (κ1) is 38.7. The number of ether oxygens (including phenoxy) is 4.